The topological polar surface area (TPSA) is 65.2 Å². The first-order valence-corrected chi connectivity index (χ1v) is 7.53. The van der Waals surface area contributed by atoms with Gasteiger partial charge in [-0.1, -0.05) is 17.7 Å². The van der Waals surface area contributed by atoms with E-state index in [2.05, 4.69) is 40.5 Å². The van der Waals surface area contributed by atoms with E-state index in [4.69, 9.17) is 12.2 Å². The van der Waals surface area contributed by atoms with Crippen LogP contribution < -0.4 is 21.5 Å². The number of anilines is 1. The molecular weight excluding hydrogens is 284 g/mol. The standard InChI is InChI=1S/C15H22N4OS/c1-9-6-10(2)14(11(3)7-9)16-8-13(20)18-19-15(21)17-12-4-5-12/h6-7,12,16H,4-5,8H2,1-3H3,(H,18,20)(H2,17,19,21). The second-order valence-corrected chi connectivity index (χ2v) is 5.96. The first-order chi connectivity index (χ1) is 9.95. The molecule has 6 heteroatoms. The second kappa shape index (κ2) is 6.76. The largest absolute Gasteiger partial charge is 0.376 e. The SMILES string of the molecule is Cc1cc(C)c(NCC(=O)NNC(=S)NC2CC2)c(C)c1. The number of thiocarbonyl (C=S) groups is 1. The van der Waals surface area contributed by atoms with Gasteiger partial charge in [-0.25, -0.2) is 0 Å². The van der Waals surface area contributed by atoms with E-state index in [1.54, 1.807) is 0 Å². The molecule has 0 aliphatic heterocycles. The lowest BCUT2D eigenvalue weighted by atomic mass is 10.1. The zero-order valence-corrected chi connectivity index (χ0v) is 13.5. The van der Waals surface area contributed by atoms with Crippen molar-refractivity contribution in [2.45, 2.75) is 39.7 Å². The maximum atomic E-state index is 11.8. The van der Waals surface area contributed by atoms with E-state index in [9.17, 15) is 4.79 Å². The molecule has 21 heavy (non-hydrogen) atoms. The third-order valence-electron chi connectivity index (χ3n) is 3.33. The van der Waals surface area contributed by atoms with Gasteiger partial charge in [0.15, 0.2) is 5.11 Å². The van der Waals surface area contributed by atoms with Crippen LogP contribution in [0.15, 0.2) is 12.1 Å². The van der Waals surface area contributed by atoms with Crippen molar-refractivity contribution in [3.05, 3.63) is 28.8 Å². The summed E-state index contributed by atoms with van der Waals surface area (Å²) in [5.41, 5.74) is 9.80. The highest BCUT2D eigenvalue weighted by Gasteiger charge is 2.21. The third kappa shape index (κ3) is 4.90. The predicted molar refractivity (Wildman–Crippen MR) is 89.2 cm³/mol. The number of carbonyl (C=O) groups is 1. The van der Waals surface area contributed by atoms with Gasteiger partial charge in [0.25, 0.3) is 5.91 Å². The van der Waals surface area contributed by atoms with Crippen LogP contribution in [0.5, 0.6) is 0 Å². The molecule has 1 aromatic carbocycles. The van der Waals surface area contributed by atoms with Crippen LogP contribution in [0, 0.1) is 20.8 Å². The molecule has 1 fully saturated rings. The van der Waals surface area contributed by atoms with Crippen LogP contribution >= 0.6 is 12.2 Å². The number of hydrogen-bond acceptors (Lipinski definition) is 3. The summed E-state index contributed by atoms with van der Waals surface area (Å²) in [5, 5.41) is 6.73. The quantitative estimate of drug-likeness (QED) is 0.503. The highest BCUT2D eigenvalue weighted by molar-refractivity contribution is 7.80. The average Bonchev–Trinajstić information content (AvgIpc) is 3.19. The Morgan fingerprint density at radius 1 is 1.19 bits per heavy atom. The summed E-state index contributed by atoms with van der Waals surface area (Å²) in [7, 11) is 0. The van der Waals surface area contributed by atoms with Gasteiger partial charge in [0, 0.05) is 11.7 Å². The van der Waals surface area contributed by atoms with Gasteiger partial charge in [-0.3, -0.25) is 15.6 Å². The lowest BCUT2D eigenvalue weighted by Crippen LogP contribution is -2.48. The molecule has 1 saturated carbocycles. The molecule has 4 N–H and O–H groups in total. The number of hydrazine groups is 1. The Labute approximate surface area is 130 Å². The molecule has 1 amide bonds. The molecule has 0 atom stereocenters. The van der Waals surface area contributed by atoms with Crippen molar-refractivity contribution in [2.24, 2.45) is 0 Å². The van der Waals surface area contributed by atoms with Gasteiger partial charge in [0.2, 0.25) is 0 Å². The van der Waals surface area contributed by atoms with Crippen LogP contribution in [0.2, 0.25) is 0 Å². The van der Waals surface area contributed by atoms with Gasteiger partial charge in [-0.05, 0) is 57.0 Å². The van der Waals surface area contributed by atoms with Crippen LogP contribution in [0.4, 0.5) is 5.69 Å². The molecule has 0 radical (unpaired) electrons. The number of amides is 1. The first-order valence-electron chi connectivity index (χ1n) is 7.13. The molecule has 0 spiro atoms. The Hall–Kier alpha value is -1.82. The molecular formula is C15H22N4OS. The molecule has 1 aliphatic carbocycles. The minimum absolute atomic E-state index is 0.158. The van der Waals surface area contributed by atoms with Gasteiger partial charge in [0.05, 0.1) is 6.54 Å². The number of hydrogen-bond donors (Lipinski definition) is 4. The summed E-state index contributed by atoms with van der Waals surface area (Å²) in [6.07, 6.45) is 2.28. The number of rotatable bonds is 4. The zero-order chi connectivity index (χ0) is 15.4. The fourth-order valence-electron chi connectivity index (χ4n) is 2.25. The third-order valence-corrected chi connectivity index (χ3v) is 3.55. The van der Waals surface area contributed by atoms with Gasteiger partial charge in [0.1, 0.15) is 0 Å². The summed E-state index contributed by atoms with van der Waals surface area (Å²) < 4.78 is 0. The van der Waals surface area contributed by atoms with Crippen molar-refractivity contribution in [1.82, 2.24) is 16.2 Å². The number of nitrogens with one attached hydrogen (secondary N) is 4. The molecule has 1 aromatic rings. The van der Waals surface area contributed by atoms with Gasteiger partial charge in [-0.15, -0.1) is 0 Å². The Morgan fingerprint density at radius 3 is 2.38 bits per heavy atom. The molecule has 114 valence electrons. The summed E-state index contributed by atoms with van der Waals surface area (Å²) in [6.45, 7) is 6.33. The van der Waals surface area contributed by atoms with Crippen molar-refractivity contribution in [3.63, 3.8) is 0 Å². The molecule has 5 nitrogen and oxygen atoms in total. The van der Waals surface area contributed by atoms with E-state index in [1.165, 1.54) is 5.56 Å². The predicted octanol–water partition coefficient (Wildman–Crippen LogP) is 1.68. The second-order valence-electron chi connectivity index (χ2n) is 5.55. The Bertz CT molecular complexity index is 532. The maximum Gasteiger partial charge on any atom is 0.257 e. The molecule has 1 aliphatic rings. The molecule has 0 saturated heterocycles. The van der Waals surface area contributed by atoms with E-state index in [0.717, 1.165) is 29.7 Å². The number of carbonyl (C=O) groups excluding carboxylic acids is 1. The Kier molecular flexibility index (Phi) is 5.01. The van der Waals surface area contributed by atoms with Gasteiger partial charge in [-0.2, -0.15) is 0 Å². The van der Waals surface area contributed by atoms with Crippen molar-refractivity contribution in [1.29, 1.82) is 0 Å². The normalized spacial score (nSPS) is 13.5. The molecule has 2 rings (SSSR count). The molecule has 0 unspecified atom stereocenters. The Balaban J connectivity index is 1.77. The summed E-state index contributed by atoms with van der Waals surface area (Å²) in [4.78, 5) is 11.8. The van der Waals surface area contributed by atoms with E-state index in [-0.39, 0.29) is 12.5 Å². The summed E-state index contributed by atoms with van der Waals surface area (Å²) >= 11 is 5.06. The first kappa shape index (κ1) is 15.6. The van der Waals surface area contributed by atoms with E-state index in [1.807, 2.05) is 13.8 Å². The van der Waals surface area contributed by atoms with Crippen molar-refractivity contribution >= 4 is 28.9 Å². The Morgan fingerprint density at radius 2 is 1.81 bits per heavy atom. The van der Waals surface area contributed by atoms with Crippen LogP contribution in [0.25, 0.3) is 0 Å². The molecule has 0 bridgehead atoms. The monoisotopic (exact) mass is 306 g/mol. The van der Waals surface area contributed by atoms with E-state index >= 15 is 0 Å². The lowest BCUT2D eigenvalue weighted by Gasteiger charge is -2.15. The summed E-state index contributed by atoms with van der Waals surface area (Å²) in [5.74, 6) is -0.158. The number of benzene rings is 1. The maximum absolute atomic E-state index is 11.8. The fraction of sp³-hybridized carbons (Fsp3) is 0.467. The zero-order valence-electron chi connectivity index (χ0n) is 12.7. The van der Waals surface area contributed by atoms with E-state index < -0.39 is 0 Å². The highest BCUT2D eigenvalue weighted by atomic mass is 32.1. The molecule has 0 heterocycles. The smallest absolute Gasteiger partial charge is 0.257 e. The van der Waals surface area contributed by atoms with E-state index in [0.29, 0.717) is 11.2 Å². The van der Waals surface area contributed by atoms with Crippen molar-refractivity contribution in [3.8, 4) is 0 Å². The van der Waals surface area contributed by atoms with Crippen LogP contribution in [-0.2, 0) is 4.79 Å². The lowest BCUT2D eigenvalue weighted by molar-refractivity contribution is -0.119. The van der Waals surface area contributed by atoms with Crippen LogP contribution in [0.3, 0.4) is 0 Å². The fourth-order valence-corrected chi connectivity index (χ4v) is 2.47. The van der Waals surface area contributed by atoms with Crippen molar-refractivity contribution < 1.29 is 4.79 Å². The molecule has 0 aromatic heterocycles. The average molecular weight is 306 g/mol. The number of aryl methyl sites for hydroxylation is 3. The van der Waals surface area contributed by atoms with Gasteiger partial charge >= 0.3 is 0 Å². The highest BCUT2D eigenvalue weighted by Crippen LogP contribution is 2.21. The van der Waals surface area contributed by atoms with Crippen molar-refractivity contribution in [2.75, 3.05) is 11.9 Å². The van der Waals surface area contributed by atoms with Crippen LogP contribution in [0.1, 0.15) is 29.5 Å². The van der Waals surface area contributed by atoms with Crippen LogP contribution in [-0.4, -0.2) is 23.6 Å². The summed E-state index contributed by atoms with van der Waals surface area (Å²) in [6, 6.07) is 4.67. The van der Waals surface area contributed by atoms with Gasteiger partial charge < -0.3 is 10.6 Å². The minimum atomic E-state index is -0.158. The minimum Gasteiger partial charge on any atom is -0.376 e.